The highest BCUT2D eigenvalue weighted by Gasteiger charge is 2.49. The first kappa shape index (κ1) is 25.2. The van der Waals surface area contributed by atoms with Gasteiger partial charge in [0.05, 0.1) is 10.8 Å². The number of aromatic nitrogens is 1. The maximum absolute atomic E-state index is 13.1. The number of alkyl halides is 3. The third-order valence-corrected chi connectivity index (χ3v) is 7.77. The SMILES string of the molecule is Cc1ccc(NC2N=CC=C(C(F)(F)F)N2)c(-c2cnc([C@@]3(O)CC[C@H](C(=O)O)C(C)(C)C3)s2)c1. The summed E-state index contributed by atoms with van der Waals surface area (Å²) in [5.74, 6) is -1.41. The molecule has 35 heavy (non-hydrogen) atoms. The van der Waals surface area contributed by atoms with Gasteiger partial charge in [-0.1, -0.05) is 25.5 Å². The fourth-order valence-electron chi connectivity index (χ4n) is 4.81. The fraction of sp³-hybridized carbons (Fsp3) is 0.458. The Kier molecular flexibility index (Phi) is 6.43. The number of nitrogens with one attached hydrogen (secondary N) is 2. The van der Waals surface area contributed by atoms with Gasteiger partial charge in [0, 0.05) is 23.7 Å². The van der Waals surface area contributed by atoms with E-state index in [1.807, 2.05) is 32.9 Å². The third-order valence-electron chi connectivity index (χ3n) is 6.55. The standard InChI is InChI=1S/C24H27F3N4O3S/c1-13-4-5-16(30-21-28-9-7-18(31-21)24(25,26)27)14(10-13)17-11-29-20(35-17)23(34)8-6-15(19(32)33)22(2,3)12-23/h4-5,7,9-11,15,21,30-31,34H,6,8,12H2,1-3H3,(H,32,33)/t15-,21?,23-/m1/s1. The van der Waals surface area contributed by atoms with Crippen LogP contribution in [-0.4, -0.2) is 39.8 Å². The molecule has 2 aliphatic rings. The number of allylic oxidation sites excluding steroid dienone is 2. The predicted molar refractivity (Wildman–Crippen MR) is 128 cm³/mol. The van der Waals surface area contributed by atoms with Gasteiger partial charge in [-0.25, -0.2) is 9.98 Å². The number of nitrogens with zero attached hydrogens (tertiary/aromatic N) is 2. The van der Waals surface area contributed by atoms with Crippen molar-refractivity contribution in [3.8, 4) is 10.4 Å². The number of halogens is 3. The topological polar surface area (TPSA) is 107 Å². The molecule has 1 aliphatic heterocycles. The van der Waals surface area contributed by atoms with Crippen molar-refractivity contribution in [1.82, 2.24) is 10.3 Å². The van der Waals surface area contributed by atoms with Gasteiger partial charge in [-0.05, 0) is 49.8 Å². The summed E-state index contributed by atoms with van der Waals surface area (Å²) in [6, 6.07) is 5.49. The molecular formula is C24H27F3N4O3S. The number of aliphatic carboxylic acids is 1. The van der Waals surface area contributed by atoms with Crippen molar-refractivity contribution in [1.29, 1.82) is 0 Å². The molecule has 1 fully saturated rings. The third kappa shape index (κ3) is 5.20. The van der Waals surface area contributed by atoms with Crippen LogP contribution in [0.5, 0.6) is 0 Å². The molecule has 1 aromatic heterocycles. The summed E-state index contributed by atoms with van der Waals surface area (Å²) in [6.07, 6.45) is -1.02. The molecule has 2 aromatic rings. The highest BCUT2D eigenvalue weighted by Crippen LogP contribution is 2.51. The summed E-state index contributed by atoms with van der Waals surface area (Å²) in [5, 5.41) is 26.8. The lowest BCUT2D eigenvalue weighted by Gasteiger charge is -2.44. The molecule has 4 N–H and O–H groups in total. The van der Waals surface area contributed by atoms with E-state index in [0.29, 0.717) is 17.1 Å². The average Bonchev–Trinajstić information content (AvgIpc) is 3.25. The number of aryl methyl sites for hydroxylation is 1. The lowest BCUT2D eigenvalue weighted by molar-refractivity contribution is -0.154. The number of benzene rings is 1. The summed E-state index contributed by atoms with van der Waals surface area (Å²) in [7, 11) is 0. The van der Waals surface area contributed by atoms with E-state index in [9.17, 15) is 28.2 Å². The van der Waals surface area contributed by atoms with E-state index in [2.05, 4.69) is 20.6 Å². The van der Waals surface area contributed by atoms with Crippen LogP contribution in [-0.2, 0) is 10.4 Å². The second kappa shape index (κ2) is 8.94. The summed E-state index contributed by atoms with van der Waals surface area (Å²) < 4.78 is 39.3. The van der Waals surface area contributed by atoms with Gasteiger partial charge in [0.2, 0.25) is 0 Å². The van der Waals surface area contributed by atoms with Crippen molar-refractivity contribution >= 4 is 29.2 Å². The first-order valence-corrected chi connectivity index (χ1v) is 12.0. The molecular weight excluding hydrogens is 481 g/mol. The molecule has 1 aliphatic carbocycles. The molecule has 1 saturated carbocycles. The molecule has 3 atom stereocenters. The molecule has 4 rings (SSSR count). The van der Waals surface area contributed by atoms with Gasteiger partial charge >= 0.3 is 12.1 Å². The Balaban J connectivity index is 1.59. The van der Waals surface area contributed by atoms with E-state index < -0.39 is 41.1 Å². The quantitative estimate of drug-likeness (QED) is 0.451. The molecule has 1 unspecified atom stereocenters. The van der Waals surface area contributed by atoms with Crippen LogP contribution >= 0.6 is 11.3 Å². The van der Waals surface area contributed by atoms with Crippen LogP contribution in [0.3, 0.4) is 0 Å². The fourth-order valence-corrected chi connectivity index (χ4v) is 5.88. The maximum atomic E-state index is 13.1. The highest BCUT2D eigenvalue weighted by molar-refractivity contribution is 7.15. The first-order chi connectivity index (χ1) is 16.3. The number of carbonyl (C=O) groups is 1. The maximum Gasteiger partial charge on any atom is 0.431 e. The van der Waals surface area contributed by atoms with E-state index in [1.165, 1.54) is 11.3 Å². The Morgan fingerprint density at radius 1 is 1.31 bits per heavy atom. The summed E-state index contributed by atoms with van der Waals surface area (Å²) >= 11 is 1.29. The molecule has 11 heteroatoms. The van der Waals surface area contributed by atoms with Crippen LogP contribution in [0.2, 0.25) is 0 Å². The highest BCUT2D eigenvalue weighted by atomic mass is 32.1. The normalized spacial score (nSPS) is 26.1. The van der Waals surface area contributed by atoms with E-state index in [4.69, 9.17) is 0 Å². The minimum Gasteiger partial charge on any atom is -0.481 e. The number of aliphatic hydroxyl groups is 1. The molecule has 0 spiro atoms. The number of carboxylic acids is 1. The molecule has 0 amide bonds. The second-order valence-electron chi connectivity index (χ2n) is 9.77. The Morgan fingerprint density at radius 2 is 2.06 bits per heavy atom. The molecule has 7 nitrogen and oxygen atoms in total. The van der Waals surface area contributed by atoms with E-state index in [-0.39, 0.29) is 12.8 Å². The van der Waals surface area contributed by atoms with Gasteiger partial charge in [0.25, 0.3) is 0 Å². The largest absolute Gasteiger partial charge is 0.481 e. The Labute approximate surface area is 204 Å². The Morgan fingerprint density at radius 3 is 2.71 bits per heavy atom. The van der Waals surface area contributed by atoms with Crippen LogP contribution in [0.4, 0.5) is 18.9 Å². The average molecular weight is 509 g/mol. The van der Waals surface area contributed by atoms with Crippen LogP contribution in [0.25, 0.3) is 10.4 Å². The molecule has 0 radical (unpaired) electrons. The number of rotatable bonds is 5. The van der Waals surface area contributed by atoms with Crippen LogP contribution in [0.1, 0.15) is 43.7 Å². The van der Waals surface area contributed by atoms with Gasteiger partial charge in [-0.2, -0.15) is 13.2 Å². The van der Waals surface area contributed by atoms with Crippen molar-refractivity contribution in [3.63, 3.8) is 0 Å². The zero-order valence-corrected chi connectivity index (χ0v) is 20.3. The van der Waals surface area contributed by atoms with Crippen LogP contribution in [0.15, 0.2) is 41.2 Å². The van der Waals surface area contributed by atoms with Crippen LogP contribution < -0.4 is 10.6 Å². The van der Waals surface area contributed by atoms with Gasteiger partial charge < -0.3 is 20.8 Å². The van der Waals surface area contributed by atoms with Crippen molar-refractivity contribution in [2.45, 2.75) is 58.1 Å². The number of thiazole rings is 1. The summed E-state index contributed by atoms with van der Waals surface area (Å²) in [4.78, 5) is 20.9. The molecule has 188 valence electrons. The minimum atomic E-state index is -4.52. The number of hydrogen-bond acceptors (Lipinski definition) is 7. The van der Waals surface area contributed by atoms with E-state index >= 15 is 0 Å². The summed E-state index contributed by atoms with van der Waals surface area (Å²) in [6.45, 7) is 5.59. The molecule has 0 bridgehead atoms. The zero-order valence-electron chi connectivity index (χ0n) is 19.5. The van der Waals surface area contributed by atoms with Gasteiger partial charge in [-0.15, -0.1) is 11.3 Å². The van der Waals surface area contributed by atoms with Crippen LogP contribution in [0, 0.1) is 18.3 Å². The van der Waals surface area contributed by atoms with Gasteiger partial charge in [0.15, 0.2) is 6.29 Å². The van der Waals surface area contributed by atoms with E-state index in [0.717, 1.165) is 28.3 Å². The lowest BCUT2D eigenvalue weighted by Crippen LogP contribution is -2.44. The monoisotopic (exact) mass is 508 g/mol. The number of anilines is 1. The predicted octanol–water partition coefficient (Wildman–Crippen LogP) is 5.03. The minimum absolute atomic E-state index is 0.260. The van der Waals surface area contributed by atoms with Gasteiger partial charge in [0.1, 0.15) is 16.3 Å². The summed E-state index contributed by atoms with van der Waals surface area (Å²) in [5.41, 5.74) is -0.535. The van der Waals surface area contributed by atoms with E-state index in [1.54, 1.807) is 12.3 Å². The van der Waals surface area contributed by atoms with Crippen molar-refractivity contribution in [2.75, 3.05) is 5.32 Å². The Bertz CT molecular complexity index is 1190. The molecule has 1 aromatic carbocycles. The van der Waals surface area contributed by atoms with Crippen molar-refractivity contribution in [3.05, 3.63) is 46.7 Å². The number of aliphatic imine (C=N–C) groups is 1. The molecule has 2 heterocycles. The molecule has 0 saturated heterocycles. The zero-order chi connectivity index (χ0) is 25.6. The smallest absolute Gasteiger partial charge is 0.431 e. The van der Waals surface area contributed by atoms with Crippen molar-refractivity contribution in [2.24, 2.45) is 16.3 Å². The first-order valence-electron chi connectivity index (χ1n) is 11.1. The Hall–Kier alpha value is -2.92. The van der Waals surface area contributed by atoms with Gasteiger partial charge in [-0.3, -0.25) is 4.79 Å². The second-order valence-corrected chi connectivity index (χ2v) is 10.8. The lowest BCUT2D eigenvalue weighted by atomic mass is 9.63. The number of hydrogen-bond donors (Lipinski definition) is 4. The number of carboxylic acid groups (broad SMARTS) is 1. The van der Waals surface area contributed by atoms with Crippen molar-refractivity contribution < 1.29 is 28.2 Å².